The minimum atomic E-state index is -1.32. The Labute approximate surface area is 297 Å². The topological polar surface area (TPSA) is 148 Å². The van der Waals surface area contributed by atoms with Gasteiger partial charge in [-0.25, -0.2) is 4.79 Å². The van der Waals surface area contributed by atoms with Crippen LogP contribution in [0, 0.1) is 0 Å². The molecule has 268 valence electrons. The molecule has 6 rings (SSSR count). The van der Waals surface area contributed by atoms with Crippen LogP contribution in [0.5, 0.6) is 0 Å². The predicted molar refractivity (Wildman–Crippen MR) is 187 cm³/mol. The fourth-order valence-corrected chi connectivity index (χ4v) is 6.36. The first-order valence-electron chi connectivity index (χ1n) is 17.1. The van der Waals surface area contributed by atoms with Crippen LogP contribution in [0.4, 0.5) is 0 Å². The second-order valence-corrected chi connectivity index (χ2v) is 12.6. The predicted octanol–water partition coefficient (Wildman–Crippen LogP) is 4.02. The zero-order valence-corrected chi connectivity index (χ0v) is 28.2. The van der Waals surface area contributed by atoms with E-state index in [4.69, 9.17) is 34.2 Å². The highest BCUT2D eigenvalue weighted by Gasteiger charge is 2.52. The average Bonchev–Trinajstić information content (AvgIpc) is 3.72. The number of nitrogens with two attached hydrogens (primary N) is 1. The summed E-state index contributed by atoms with van der Waals surface area (Å²) in [5, 5.41) is 13.1. The number of benzene rings is 4. The van der Waals surface area contributed by atoms with Crippen molar-refractivity contribution in [3.05, 3.63) is 144 Å². The van der Waals surface area contributed by atoms with Crippen LogP contribution in [-0.2, 0) is 64.4 Å². The largest absolute Gasteiger partial charge is 0.479 e. The van der Waals surface area contributed by atoms with E-state index >= 15 is 0 Å². The maximum absolute atomic E-state index is 13.9. The number of hydrogen-bond acceptors (Lipinski definition) is 9. The number of rotatable bonds is 17. The molecule has 0 aromatic heterocycles. The molecular weight excluding hydrogens is 652 g/mol. The minimum Gasteiger partial charge on any atom is -0.479 e. The van der Waals surface area contributed by atoms with Gasteiger partial charge in [0.15, 0.2) is 12.2 Å². The van der Waals surface area contributed by atoms with Crippen molar-refractivity contribution in [2.75, 3.05) is 13.1 Å². The molecule has 8 atom stereocenters. The van der Waals surface area contributed by atoms with Crippen LogP contribution in [0.15, 0.2) is 121 Å². The summed E-state index contributed by atoms with van der Waals surface area (Å²) in [7, 11) is 0. The lowest BCUT2D eigenvalue weighted by molar-refractivity contribution is -0.156. The first-order chi connectivity index (χ1) is 25.0. The van der Waals surface area contributed by atoms with Crippen LogP contribution in [0.2, 0.25) is 0 Å². The fraction of sp³-hybridized carbons (Fsp3) is 0.350. The Morgan fingerprint density at radius 3 is 1.29 bits per heavy atom. The second-order valence-electron chi connectivity index (χ2n) is 12.6. The Kier molecular flexibility index (Phi) is 12.9. The van der Waals surface area contributed by atoms with E-state index in [1.165, 1.54) is 0 Å². The van der Waals surface area contributed by atoms with Gasteiger partial charge in [-0.05, 0) is 22.3 Å². The molecular formula is C40H44N2O9. The fourth-order valence-electron chi connectivity index (χ4n) is 6.36. The van der Waals surface area contributed by atoms with Gasteiger partial charge < -0.3 is 44.6 Å². The highest BCUT2D eigenvalue weighted by atomic mass is 16.6. The molecule has 2 saturated heterocycles. The molecule has 4 N–H and O–H groups in total. The van der Waals surface area contributed by atoms with Gasteiger partial charge in [0.05, 0.1) is 32.5 Å². The van der Waals surface area contributed by atoms with Crippen molar-refractivity contribution in [2.24, 2.45) is 5.73 Å². The molecule has 0 spiro atoms. The lowest BCUT2D eigenvalue weighted by Gasteiger charge is -2.26. The zero-order valence-electron chi connectivity index (χ0n) is 28.2. The summed E-state index contributed by atoms with van der Waals surface area (Å²) in [6.45, 7) is 0.892. The zero-order chi connectivity index (χ0) is 35.4. The average molecular weight is 697 g/mol. The van der Waals surface area contributed by atoms with Crippen molar-refractivity contribution < 1.29 is 43.1 Å². The summed E-state index contributed by atoms with van der Waals surface area (Å²) < 4.78 is 37.4. The molecule has 0 unspecified atom stereocenters. The molecule has 2 heterocycles. The maximum atomic E-state index is 13.9. The van der Waals surface area contributed by atoms with Gasteiger partial charge in [-0.1, -0.05) is 121 Å². The van der Waals surface area contributed by atoms with E-state index in [1.54, 1.807) is 0 Å². The van der Waals surface area contributed by atoms with Gasteiger partial charge in [0, 0.05) is 13.1 Å². The molecule has 4 aromatic rings. The molecule has 0 radical (unpaired) electrons. The van der Waals surface area contributed by atoms with E-state index in [9.17, 15) is 14.7 Å². The Morgan fingerprint density at radius 1 is 0.549 bits per heavy atom. The quantitative estimate of drug-likeness (QED) is 0.148. The van der Waals surface area contributed by atoms with Gasteiger partial charge in [-0.15, -0.1) is 0 Å². The van der Waals surface area contributed by atoms with Gasteiger partial charge >= 0.3 is 5.97 Å². The number of ether oxygens (including phenoxy) is 6. The first-order valence-corrected chi connectivity index (χ1v) is 17.1. The molecule has 51 heavy (non-hydrogen) atoms. The summed E-state index contributed by atoms with van der Waals surface area (Å²) >= 11 is 0. The molecule has 1 amide bonds. The van der Waals surface area contributed by atoms with Gasteiger partial charge in [-0.3, -0.25) is 4.79 Å². The van der Waals surface area contributed by atoms with E-state index in [0.29, 0.717) is 0 Å². The number of carboxylic acids is 1. The summed E-state index contributed by atoms with van der Waals surface area (Å²) in [4.78, 5) is 26.4. The van der Waals surface area contributed by atoms with Gasteiger partial charge in [0.1, 0.15) is 30.5 Å². The Morgan fingerprint density at radius 2 is 0.902 bits per heavy atom. The Hall–Kier alpha value is -4.46. The Balaban J connectivity index is 1.18. The van der Waals surface area contributed by atoms with Crippen LogP contribution in [-0.4, -0.2) is 78.9 Å². The van der Waals surface area contributed by atoms with Crippen molar-refractivity contribution in [2.45, 2.75) is 75.3 Å². The van der Waals surface area contributed by atoms with Crippen molar-refractivity contribution in [1.82, 2.24) is 5.32 Å². The maximum Gasteiger partial charge on any atom is 0.335 e. The van der Waals surface area contributed by atoms with E-state index in [-0.39, 0.29) is 39.5 Å². The molecule has 11 nitrogen and oxygen atoms in total. The van der Waals surface area contributed by atoms with Crippen molar-refractivity contribution in [3.63, 3.8) is 0 Å². The third kappa shape index (κ3) is 9.66. The van der Waals surface area contributed by atoms with Gasteiger partial charge in [0.25, 0.3) is 5.91 Å². The first kappa shape index (κ1) is 36.3. The standard InChI is InChI=1S/C40H44N2O9/c41-21-31-33(46-23-27-13-5-1-6-14-27)35(48-25-29-17-9-3-10-18-29)37(50-31)39(43)42-22-32-34(47-24-28-15-7-2-8-16-28)36(38(51-32)40(44)45)49-26-30-19-11-4-12-20-30/h1-20,31-38H,21-26,41H2,(H,42,43)(H,44,45)/t31-,32-,33-,34-,35+,36+,37-,38-/m1/s1. The number of hydrogen-bond donors (Lipinski definition) is 3. The van der Waals surface area contributed by atoms with E-state index < -0.39 is 60.7 Å². The number of carbonyl (C=O) groups excluding carboxylic acids is 1. The highest BCUT2D eigenvalue weighted by molar-refractivity contribution is 5.82. The SMILES string of the molecule is NC[C@H]1O[C@@H](C(=O)NC[C@H]2O[C@@H](C(=O)O)[C@@H](OCc3ccccc3)[C@@H]2OCc2ccccc2)[C@@H](OCc2ccccc2)[C@@H]1OCc1ccccc1. The molecule has 2 fully saturated rings. The number of carbonyl (C=O) groups is 2. The molecule has 2 aliphatic rings. The van der Waals surface area contributed by atoms with Crippen LogP contribution < -0.4 is 11.1 Å². The smallest absolute Gasteiger partial charge is 0.335 e. The van der Waals surface area contributed by atoms with Gasteiger partial charge in [0.2, 0.25) is 0 Å². The lowest BCUT2D eigenvalue weighted by Crippen LogP contribution is -2.48. The third-order valence-corrected chi connectivity index (χ3v) is 8.97. The molecule has 0 aliphatic carbocycles. The van der Waals surface area contributed by atoms with Crippen molar-refractivity contribution >= 4 is 11.9 Å². The number of carboxylic acid groups (broad SMARTS) is 1. The Bertz CT molecular complexity index is 1650. The number of aliphatic carboxylic acids is 1. The summed E-state index contributed by atoms with van der Waals surface area (Å²) in [6.07, 6.45) is -7.02. The van der Waals surface area contributed by atoms with Gasteiger partial charge in [-0.2, -0.15) is 0 Å². The van der Waals surface area contributed by atoms with Crippen LogP contribution in [0.3, 0.4) is 0 Å². The normalized spacial score (nSPS) is 25.8. The minimum absolute atomic E-state index is 0.0681. The lowest BCUT2D eigenvalue weighted by atomic mass is 10.0. The monoisotopic (exact) mass is 696 g/mol. The molecule has 0 saturated carbocycles. The molecule has 11 heteroatoms. The molecule has 2 aliphatic heterocycles. The van der Waals surface area contributed by atoms with E-state index in [0.717, 1.165) is 22.3 Å². The summed E-state index contributed by atoms with van der Waals surface area (Å²) in [6, 6.07) is 38.3. The third-order valence-electron chi connectivity index (χ3n) is 8.97. The van der Waals surface area contributed by atoms with E-state index in [1.807, 2.05) is 121 Å². The number of amides is 1. The number of nitrogens with one attached hydrogen (secondary N) is 1. The van der Waals surface area contributed by atoms with E-state index in [2.05, 4.69) is 5.32 Å². The summed E-state index contributed by atoms with van der Waals surface area (Å²) in [5.74, 6) is -1.66. The van der Waals surface area contributed by atoms with Crippen LogP contribution in [0.25, 0.3) is 0 Å². The van der Waals surface area contributed by atoms with Crippen LogP contribution >= 0.6 is 0 Å². The molecule has 0 bridgehead atoms. The molecule has 4 aromatic carbocycles. The summed E-state index contributed by atoms with van der Waals surface area (Å²) in [5.41, 5.74) is 9.78. The second kappa shape index (κ2) is 18.2. The highest BCUT2D eigenvalue weighted by Crippen LogP contribution is 2.31. The van der Waals surface area contributed by atoms with Crippen molar-refractivity contribution in [1.29, 1.82) is 0 Å². The van der Waals surface area contributed by atoms with Crippen LogP contribution in [0.1, 0.15) is 22.3 Å². The van der Waals surface area contributed by atoms with Crippen molar-refractivity contribution in [3.8, 4) is 0 Å².